The molecule has 1 aliphatic carbocycles. The molecule has 1 heterocycles. The number of nitrogens with one attached hydrogen (secondary N) is 1. The smallest absolute Gasteiger partial charge is 0.107 e. The zero-order valence-electron chi connectivity index (χ0n) is 13.3. The number of fused-ring (bicyclic) bond motifs is 1. The van der Waals surface area contributed by atoms with Crippen LogP contribution in [0.2, 0.25) is 0 Å². The van der Waals surface area contributed by atoms with E-state index in [9.17, 15) is 5.26 Å². The maximum atomic E-state index is 9.49. The molecule has 3 heteroatoms. The minimum absolute atomic E-state index is 0.748. The van der Waals surface area contributed by atoms with Crippen LogP contribution in [-0.4, -0.2) is 6.54 Å². The highest BCUT2D eigenvalue weighted by Gasteiger charge is 2.23. The van der Waals surface area contributed by atoms with Gasteiger partial charge in [0.15, 0.2) is 0 Å². The molecule has 1 atom stereocenters. The molecule has 0 aliphatic heterocycles. The van der Waals surface area contributed by atoms with Crippen LogP contribution >= 0.6 is 11.3 Å². The van der Waals surface area contributed by atoms with Gasteiger partial charge in [-0.25, -0.2) is 0 Å². The highest BCUT2D eigenvalue weighted by molar-refractivity contribution is 7.16. The Labute approximate surface area is 136 Å². The molecule has 1 N–H and O–H groups in total. The Morgan fingerprint density at radius 3 is 2.82 bits per heavy atom. The van der Waals surface area contributed by atoms with Crippen LogP contribution in [0.1, 0.15) is 40.5 Å². The van der Waals surface area contributed by atoms with Crippen molar-refractivity contribution in [3.8, 4) is 6.07 Å². The first-order valence-corrected chi connectivity index (χ1v) is 8.83. The Kier molecular flexibility index (Phi) is 4.49. The maximum Gasteiger partial charge on any atom is 0.107 e. The number of thiophene rings is 1. The Morgan fingerprint density at radius 2 is 2.09 bits per heavy atom. The van der Waals surface area contributed by atoms with Gasteiger partial charge in [-0.2, -0.15) is 5.26 Å². The maximum absolute atomic E-state index is 9.49. The number of anilines is 1. The lowest BCUT2D eigenvalue weighted by atomic mass is 9.89. The van der Waals surface area contributed by atoms with Gasteiger partial charge in [-0.15, -0.1) is 11.3 Å². The van der Waals surface area contributed by atoms with Crippen molar-refractivity contribution in [2.45, 2.75) is 39.5 Å². The summed E-state index contributed by atoms with van der Waals surface area (Å²) in [6.07, 6.45) is 4.40. The molecule has 0 amide bonds. The first-order valence-electron chi connectivity index (χ1n) is 8.01. The van der Waals surface area contributed by atoms with Crippen LogP contribution in [0.4, 0.5) is 5.00 Å². The average molecular weight is 310 g/mol. The van der Waals surface area contributed by atoms with Crippen molar-refractivity contribution in [1.29, 1.82) is 5.26 Å². The number of nitrogens with zero attached hydrogens (tertiary/aromatic N) is 1. The monoisotopic (exact) mass is 310 g/mol. The molecule has 2 nitrogen and oxygen atoms in total. The van der Waals surface area contributed by atoms with Gasteiger partial charge < -0.3 is 5.32 Å². The van der Waals surface area contributed by atoms with Gasteiger partial charge in [-0.05, 0) is 49.7 Å². The fraction of sp³-hybridized carbons (Fsp3) is 0.421. The highest BCUT2D eigenvalue weighted by Crippen LogP contribution is 2.39. The molecule has 1 aromatic heterocycles. The molecule has 0 fully saturated rings. The van der Waals surface area contributed by atoms with Crippen molar-refractivity contribution < 1.29 is 0 Å². The molecule has 1 unspecified atom stereocenters. The number of hydrogen-bond donors (Lipinski definition) is 1. The van der Waals surface area contributed by atoms with Gasteiger partial charge in [-0.1, -0.05) is 36.8 Å². The molecule has 22 heavy (non-hydrogen) atoms. The molecular weight excluding hydrogens is 288 g/mol. The van der Waals surface area contributed by atoms with E-state index in [4.69, 9.17) is 0 Å². The topological polar surface area (TPSA) is 35.8 Å². The van der Waals surface area contributed by atoms with Crippen molar-refractivity contribution in [1.82, 2.24) is 0 Å². The van der Waals surface area contributed by atoms with Gasteiger partial charge in [0.05, 0.1) is 5.56 Å². The number of benzene rings is 1. The van der Waals surface area contributed by atoms with Crippen LogP contribution in [0.15, 0.2) is 24.3 Å². The van der Waals surface area contributed by atoms with Crippen LogP contribution in [0.5, 0.6) is 0 Å². The van der Waals surface area contributed by atoms with E-state index in [1.807, 2.05) is 0 Å². The number of nitriles is 1. The van der Waals surface area contributed by atoms with Gasteiger partial charge in [0, 0.05) is 11.4 Å². The van der Waals surface area contributed by atoms with Crippen LogP contribution < -0.4 is 5.32 Å². The largest absolute Gasteiger partial charge is 0.375 e. The van der Waals surface area contributed by atoms with Gasteiger partial charge in [0.1, 0.15) is 11.1 Å². The Balaban J connectivity index is 1.68. The summed E-state index contributed by atoms with van der Waals surface area (Å²) in [5.74, 6) is 0.748. The van der Waals surface area contributed by atoms with Crippen LogP contribution in [0.25, 0.3) is 0 Å². The fourth-order valence-corrected chi connectivity index (χ4v) is 4.46. The van der Waals surface area contributed by atoms with E-state index in [1.54, 1.807) is 11.3 Å². The summed E-state index contributed by atoms with van der Waals surface area (Å²) in [5, 5.41) is 14.1. The molecule has 114 valence electrons. The zero-order chi connectivity index (χ0) is 15.5. The van der Waals surface area contributed by atoms with Crippen molar-refractivity contribution in [3.05, 3.63) is 51.4 Å². The Bertz CT molecular complexity index is 691. The third-order valence-electron chi connectivity index (χ3n) is 4.44. The predicted molar refractivity (Wildman–Crippen MR) is 93.6 cm³/mol. The van der Waals surface area contributed by atoms with Crippen LogP contribution in [0.3, 0.4) is 0 Å². The average Bonchev–Trinajstić information content (AvgIpc) is 2.85. The van der Waals surface area contributed by atoms with E-state index in [2.05, 4.69) is 49.5 Å². The summed E-state index contributed by atoms with van der Waals surface area (Å²) < 4.78 is 0. The molecule has 1 aromatic carbocycles. The van der Waals surface area contributed by atoms with E-state index in [1.165, 1.54) is 28.0 Å². The van der Waals surface area contributed by atoms with E-state index in [-0.39, 0.29) is 0 Å². The summed E-state index contributed by atoms with van der Waals surface area (Å²) in [4.78, 5) is 1.42. The van der Waals surface area contributed by atoms with E-state index in [0.29, 0.717) is 0 Å². The van der Waals surface area contributed by atoms with E-state index < -0.39 is 0 Å². The highest BCUT2D eigenvalue weighted by atomic mass is 32.1. The minimum atomic E-state index is 0.748. The van der Waals surface area contributed by atoms with Gasteiger partial charge in [-0.3, -0.25) is 0 Å². The minimum Gasteiger partial charge on any atom is -0.375 e. The lowest BCUT2D eigenvalue weighted by Crippen LogP contribution is -2.09. The van der Waals surface area contributed by atoms with Gasteiger partial charge in [0.2, 0.25) is 0 Å². The number of aryl methyl sites for hydroxylation is 1. The molecule has 2 aromatic rings. The Morgan fingerprint density at radius 1 is 1.32 bits per heavy atom. The van der Waals surface area contributed by atoms with Crippen LogP contribution in [0, 0.1) is 24.2 Å². The molecule has 0 bridgehead atoms. The van der Waals surface area contributed by atoms with Crippen LogP contribution in [-0.2, 0) is 19.3 Å². The lowest BCUT2D eigenvalue weighted by Gasteiger charge is -2.17. The molecule has 1 aliphatic rings. The first kappa shape index (κ1) is 15.1. The number of hydrogen-bond acceptors (Lipinski definition) is 3. The van der Waals surface area contributed by atoms with Crippen molar-refractivity contribution in [2.75, 3.05) is 11.9 Å². The summed E-state index contributed by atoms with van der Waals surface area (Å²) in [6, 6.07) is 11.1. The van der Waals surface area contributed by atoms with Crippen molar-refractivity contribution >= 4 is 16.3 Å². The molecule has 0 spiro atoms. The molecule has 3 rings (SSSR count). The predicted octanol–water partition coefficient (Wildman–Crippen LogP) is 4.71. The standard InChI is InChI=1S/C19H22N2S/c1-13-3-6-15(7-4-13)9-10-21-19-17(12-20)16-8-5-14(2)11-18(16)22-19/h3-4,6-7,14,21H,5,8-11H2,1-2H3. The second kappa shape index (κ2) is 6.54. The SMILES string of the molecule is Cc1ccc(CCNc2sc3c(c2C#N)CCC(C)C3)cc1. The van der Waals surface area contributed by atoms with E-state index >= 15 is 0 Å². The van der Waals surface area contributed by atoms with Gasteiger partial charge in [0.25, 0.3) is 0 Å². The third kappa shape index (κ3) is 3.18. The molecule has 0 saturated carbocycles. The number of rotatable bonds is 4. The quantitative estimate of drug-likeness (QED) is 0.888. The lowest BCUT2D eigenvalue weighted by molar-refractivity contribution is 0.507. The van der Waals surface area contributed by atoms with Crippen molar-refractivity contribution in [2.24, 2.45) is 5.92 Å². The molecular formula is C19H22N2S. The van der Waals surface area contributed by atoms with E-state index in [0.717, 1.165) is 42.3 Å². The normalized spacial score (nSPS) is 16.9. The second-order valence-electron chi connectivity index (χ2n) is 6.33. The van der Waals surface area contributed by atoms with Gasteiger partial charge >= 0.3 is 0 Å². The summed E-state index contributed by atoms with van der Waals surface area (Å²) in [6.45, 7) is 5.30. The molecule has 0 radical (unpaired) electrons. The third-order valence-corrected chi connectivity index (χ3v) is 5.66. The summed E-state index contributed by atoms with van der Waals surface area (Å²) >= 11 is 1.79. The Hall–Kier alpha value is -1.79. The fourth-order valence-electron chi connectivity index (χ4n) is 3.07. The second-order valence-corrected chi connectivity index (χ2v) is 7.44. The summed E-state index contributed by atoms with van der Waals surface area (Å²) in [5.41, 5.74) is 4.84. The zero-order valence-corrected chi connectivity index (χ0v) is 14.1. The molecule has 0 saturated heterocycles. The summed E-state index contributed by atoms with van der Waals surface area (Å²) in [7, 11) is 0. The first-order chi connectivity index (χ1) is 10.7. The van der Waals surface area contributed by atoms with Crippen molar-refractivity contribution in [3.63, 3.8) is 0 Å².